The SMILES string of the molecule is COc1ccc(N/N=C(/Sc2nnnn2-c2ccccc2)C(C)=O)cc1. The maximum atomic E-state index is 12.0. The summed E-state index contributed by atoms with van der Waals surface area (Å²) in [4.78, 5) is 12.0. The highest BCUT2D eigenvalue weighted by molar-refractivity contribution is 8.15. The molecule has 1 N–H and O–H groups in total. The third-order valence-electron chi connectivity index (χ3n) is 3.31. The van der Waals surface area contributed by atoms with Crippen LogP contribution in [-0.2, 0) is 4.79 Å². The highest BCUT2D eigenvalue weighted by Gasteiger charge is 2.16. The number of Topliss-reactive ketones (excluding diaryl/α,β-unsaturated/α-hetero) is 1. The van der Waals surface area contributed by atoms with Gasteiger partial charge in [0.05, 0.1) is 18.5 Å². The van der Waals surface area contributed by atoms with E-state index in [1.807, 2.05) is 30.3 Å². The van der Waals surface area contributed by atoms with Crippen LogP contribution in [0.3, 0.4) is 0 Å². The maximum Gasteiger partial charge on any atom is 0.220 e. The molecule has 2 aromatic carbocycles. The number of benzene rings is 2. The number of nitrogens with zero attached hydrogens (tertiary/aromatic N) is 5. The molecule has 0 amide bonds. The number of carbonyl (C=O) groups is 1. The minimum absolute atomic E-state index is 0.196. The van der Waals surface area contributed by atoms with E-state index in [0.717, 1.165) is 28.9 Å². The summed E-state index contributed by atoms with van der Waals surface area (Å²) in [5.41, 5.74) is 4.39. The number of aromatic nitrogens is 4. The van der Waals surface area contributed by atoms with Gasteiger partial charge in [0.15, 0.2) is 10.8 Å². The third-order valence-corrected chi connectivity index (χ3v) is 4.32. The molecule has 0 atom stereocenters. The molecule has 8 nitrogen and oxygen atoms in total. The number of carbonyl (C=O) groups excluding carboxylic acids is 1. The normalized spacial score (nSPS) is 11.2. The molecule has 0 bridgehead atoms. The fourth-order valence-corrected chi connectivity index (χ4v) is 2.73. The zero-order chi connectivity index (χ0) is 18.4. The summed E-state index contributed by atoms with van der Waals surface area (Å²) >= 11 is 1.09. The molecule has 0 aliphatic rings. The van der Waals surface area contributed by atoms with E-state index in [0.29, 0.717) is 5.16 Å². The predicted molar refractivity (Wildman–Crippen MR) is 99.7 cm³/mol. The number of hydrazone groups is 1. The molecule has 26 heavy (non-hydrogen) atoms. The molecule has 0 spiro atoms. The van der Waals surface area contributed by atoms with Gasteiger partial charge in [-0.05, 0) is 58.6 Å². The summed E-state index contributed by atoms with van der Waals surface area (Å²) in [6.45, 7) is 1.44. The van der Waals surface area contributed by atoms with Crippen molar-refractivity contribution in [2.24, 2.45) is 5.10 Å². The molecule has 9 heteroatoms. The summed E-state index contributed by atoms with van der Waals surface area (Å²) in [6, 6.07) is 16.6. The fraction of sp³-hybridized carbons (Fsp3) is 0.118. The zero-order valence-electron chi connectivity index (χ0n) is 14.2. The Labute approximate surface area is 154 Å². The van der Waals surface area contributed by atoms with Gasteiger partial charge in [-0.15, -0.1) is 5.10 Å². The van der Waals surface area contributed by atoms with Crippen LogP contribution in [0.15, 0.2) is 64.9 Å². The van der Waals surface area contributed by atoms with Gasteiger partial charge < -0.3 is 4.74 Å². The number of tetrazole rings is 1. The van der Waals surface area contributed by atoms with Gasteiger partial charge in [-0.25, -0.2) is 0 Å². The molecule has 0 saturated heterocycles. The number of hydrogen-bond donors (Lipinski definition) is 1. The molecule has 0 unspecified atom stereocenters. The lowest BCUT2D eigenvalue weighted by Gasteiger charge is -2.06. The van der Waals surface area contributed by atoms with Crippen molar-refractivity contribution in [3.63, 3.8) is 0 Å². The van der Waals surface area contributed by atoms with E-state index >= 15 is 0 Å². The van der Waals surface area contributed by atoms with E-state index in [2.05, 4.69) is 26.1 Å². The van der Waals surface area contributed by atoms with Crippen molar-refractivity contribution in [2.45, 2.75) is 12.1 Å². The Morgan fingerprint density at radius 1 is 1.15 bits per heavy atom. The molecular weight excluding hydrogens is 352 g/mol. The van der Waals surface area contributed by atoms with Crippen LogP contribution in [0, 0.1) is 0 Å². The van der Waals surface area contributed by atoms with Crippen LogP contribution in [0.25, 0.3) is 5.69 Å². The highest BCUT2D eigenvalue weighted by atomic mass is 32.2. The summed E-state index contributed by atoms with van der Waals surface area (Å²) in [5.74, 6) is 0.543. The van der Waals surface area contributed by atoms with E-state index < -0.39 is 0 Å². The van der Waals surface area contributed by atoms with Gasteiger partial charge in [0.1, 0.15) is 5.75 Å². The van der Waals surface area contributed by atoms with Crippen molar-refractivity contribution in [3.05, 3.63) is 54.6 Å². The Kier molecular flexibility index (Phi) is 5.59. The van der Waals surface area contributed by atoms with Crippen LogP contribution in [0.4, 0.5) is 5.69 Å². The van der Waals surface area contributed by atoms with Gasteiger partial charge in [-0.1, -0.05) is 18.2 Å². The minimum Gasteiger partial charge on any atom is -0.497 e. The first-order valence-electron chi connectivity index (χ1n) is 7.67. The highest BCUT2D eigenvalue weighted by Crippen LogP contribution is 2.21. The second-order valence-electron chi connectivity index (χ2n) is 5.12. The van der Waals surface area contributed by atoms with E-state index in [-0.39, 0.29) is 10.8 Å². The van der Waals surface area contributed by atoms with Crippen LogP contribution in [0.2, 0.25) is 0 Å². The van der Waals surface area contributed by atoms with Crippen LogP contribution in [0.1, 0.15) is 6.92 Å². The molecule has 0 saturated carbocycles. The topological polar surface area (TPSA) is 94.3 Å². The van der Waals surface area contributed by atoms with E-state index in [1.165, 1.54) is 6.92 Å². The number of methoxy groups -OCH3 is 1. The molecule has 0 radical (unpaired) electrons. The third kappa shape index (κ3) is 4.25. The number of anilines is 1. The molecule has 1 heterocycles. The summed E-state index contributed by atoms with van der Waals surface area (Å²) in [7, 11) is 1.60. The first-order chi connectivity index (χ1) is 12.7. The lowest BCUT2D eigenvalue weighted by atomic mass is 10.3. The van der Waals surface area contributed by atoms with Crippen molar-refractivity contribution < 1.29 is 9.53 Å². The predicted octanol–water partition coefficient (Wildman–Crippen LogP) is 2.78. The first kappa shape index (κ1) is 17.6. The second-order valence-corrected chi connectivity index (χ2v) is 6.08. The summed E-state index contributed by atoms with van der Waals surface area (Å²) in [6.07, 6.45) is 0. The number of thioether (sulfide) groups is 1. The van der Waals surface area contributed by atoms with E-state index in [4.69, 9.17) is 4.74 Å². The summed E-state index contributed by atoms with van der Waals surface area (Å²) in [5, 5.41) is 16.5. The molecule has 3 rings (SSSR count). The lowest BCUT2D eigenvalue weighted by Crippen LogP contribution is -2.10. The molecule has 0 aliphatic carbocycles. The Morgan fingerprint density at radius 2 is 1.88 bits per heavy atom. The monoisotopic (exact) mass is 368 g/mol. The molecule has 132 valence electrons. The summed E-state index contributed by atoms with van der Waals surface area (Å²) < 4.78 is 6.66. The van der Waals surface area contributed by atoms with Crippen molar-refractivity contribution >= 4 is 28.3 Å². The number of ketones is 1. The standard InChI is InChI=1S/C17H16N6O2S/c1-12(24)16(19-18-13-8-10-15(25-2)11-9-13)26-17-20-21-22-23(17)14-6-4-3-5-7-14/h3-11,18H,1-2H3/b19-16+. The first-order valence-corrected chi connectivity index (χ1v) is 8.49. The van der Waals surface area contributed by atoms with Gasteiger partial charge in [0.2, 0.25) is 5.16 Å². The van der Waals surface area contributed by atoms with Gasteiger partial charge in [0.25, 0.3) is 0 Å². The molecule has 3 aromatic rings. The Hall–Kier alpha value is -3.20. The van der Waals surface area contributed by atoms with Gasteiger partial charge in [0, 0.05) is 6.92 Å². The van der Waals surface area contributed by atoms with E-state index in [1.54, 1.807) is 36.1 Å². The Morgan fingerprint density at radius 3 is 2.54 bits per heavy atom. The smallest absolute Gasteiger partial charge is 0.220 e. The van der Waals surface area contributed by atoms with Crippen LogP contribution in [-0.4, -0.2) is 38.1 Å². The molecule has 0 fully saturated rings. The second kappa shape index (κ2) is 8.26. The quantitative estimate of drug-likeness (QED) is 0.309. The van der Waals surface area contributed by atoms with Gasteiger partial charge in [-0.3, -0.25) is 10.2 Å². The number of nitrogens with one attached hydrogen (secondary N) is 1. The Balaban J connectivity index is 1.79. The maximum absolute atomic E-state index is 12.0. The largest absolute Gasteiger partial charge is 0.497 e. The minimum atomic E-state index is -0.196. The number of para-hydroxylation sites is 1. The van der Waals surface area contributed by atoms with Crippen molar-refractivity contribution in [2.75, 3.05) is 12.5 Å². The van der Waals surface area contributed by atoms with E-state index in [9.17, 15) is 4.79 Å². The lowest BCUT2D eigenvalue weighted by molar-refractivity contribution is -0.110. The number of ether oxygens (including phenoxy) is 1. The van der Waals surface area contributed by atoms with Crippen LogP contribution < -0.4 is 10.2 Å². The molecular formula is C17H16N6O2S. The molecule has 0 aliphatic heterocycles. The molecule has 1 aromatic heterocycles. The van der Waals surface area contributed by atoms with Crippen LogP contribution in [0.5, 0.6) is 5.75 Å². The Bertz CT molecular complexity index is 909. The van der Waals surface area contributed by atoms with Crippen molar-refractivity contribution in [1.29, 1.82) is 0 Å². The van der Waals surface area contributed by atoms with Gasteiger partial charge >= 0.3 is 0 Å². The number of rotatable bonds is 6. The van der Waals surface area contributed by atoms with Crippen molar-refractivity contribution in [3.8, 4) is 11.4 Å². The zero-order valence-corrected chi connectivity index (χ0v) is 15.0. The number of hydrogen-bond acceptors (Lipinski definition) is 8. The average molecular weight is 368 g/mol. The van der Waals surface area contributed by atoms with Crippen LogP contribution >= 0.6 is 11.8 Å². The van der Waals surface area contributed by atoms with Gasteiger partial charge in [-0.2, -0.15) is 9.78 Å². The average Bonchev–Trinajstić information content (AvgIpc) is 3.14. The van der Waals surface area contributed by atoms with Crippen molar-refractivity contribution in [1.82, 2.24) is 20.2 Å². The fourth-order valence-electron chi connectivity index (χ4n) is 2.01.